The molecule has 1 aliphatic carbocycles. The predicted octanol–water partition coefficient (Wildman–Crippen LogP) is 4.72. The van der Waals surface area contributed by atoms with Gasteiger partial charge >= 0.3 is 0 Å². The van der Waals surface area contributed by atoms with Crippen molar-refractivity contribution in [1.29, 1.82) is 0 Å². The number of fused-ring (bicyclic) bond motifs is 1. The number of carbonyl (C=O) groups is 1. The Labute approximate surface area is 156 Å². The first-order valence-corrected chi connectivity index (χ1v) is 9.98. The topological polar surface area (TPSA) is 46.3 Å². The highest BCUT2D eigenvalue weighted by Crippen LogP contribution is 2.51. The van der Waals surface area contributed by atoms with Crippen LogP contribution in [0.15, 0.2) is 46.3 Å². The Morgan fingerprint density at radius 3 is 2.92 bits per heavy atom. The van der Waals surface area contributed by atoms with Gasteiger partial charge in [0.15, 0.2) is 5.76 Å². The van der Waals surface area contributed by atoms with E-state index in [1.54, 1.807) is 11.3 Å². The smallest absolute Gasteiger partial charge is 0.239 e. The van der Waals surface area contributed by atoms with Gasteiger partial charge in [-0.15, -0.1) is 11.3 Å². The second-order valence-corrected chi connectivity index (χ2v) is 8.28. The van der Waals surface area contributed by atoms with Gasteiger partial charge in [-0.05, 0) is 55.7 Å². The van der Waals surface area contributed by atoms with Crippen LogP contribution in [0.5, 0.6) is 0 Å². The molecule has 0 unspecified atom stereocenters. The van der Waals surface area contributed by atoms with Crippen LogP contribution in [0.3, 0.4) is 0 Å². The van der Waals surface area contributed by atoms with Crippen molar-refractivity contribution in [3.05, 3.63) is 58.6 Å². The second kappa shape index (κ2) is 5.81. The maximum atomic E-state index is 13.5. The first kappa shape index (κ1) is 15.8. The van der Waals surface area contributed by atoms with Crippen LogP contribution in [0.25, 0.3) is 10.6 Å². The summed E-state index contributed by atoms with van der Waals surface area (Å²) < 4.78 is 5.55. The van der Waals surface area contributed by atoms with Gasteiger partial charge in [0, 0.05) is 18.3 Å². The van der Waals surface area contributed by atoms with E-state index in [2.05, 4.69) is 30.3 Å². The maximum absolute atomic E-state index is 13.5. The molecule has 4 nitrogen and oxygen atoms in total. The van der Waals surface area contributed by atoms with E-state index in [-0.39, 0.29) is 5.91 Å². The molecule has 1 saturated carbocycles. The average Bonchev–Trinajstić information content (AvgIpc) is 3.08. The van der Waals surface area contributed by atoms with Gasteiger partial charge in [0.25, 0.3) is 0 Å². The Bertz CT molecular complexity index is 970. The third-order valence-corrected chi connectivity index (χ3v) is 6.41. The minimum Gasteiger partial charge on any atom is -0.355 e. The molecule has 5 rings (SSSR count). The van der Waals surface area contributed by atoms with Gasteiger partial charge in [-0.1, -0.05) is 28.9 Å². The van der Waals surface area contributed by atoms with Gasteiger partial charge < -0.3 is 9.42 Å². The van der Waals surface area contributed by atoms with Crippen molar-refractivity contribution in [3.63, 3.8) is 0 Å². The molecule has 1 fully saturated rings. The quantitative estimate of drug-likeness (QED) is 0.675. The number of amides is 1. The van der Waals surface area contributed by atoms with Crippen LogP contribution in [0.1, 0.15) is 36.1 Å². The molecule has 0 spiro atoms. The second-order valence-electron chi connectivity index (χ2n) is 7.33. The minimum absolute atomic E-state index is 0.174. The molecule has 0 bridgehead atoms. The zero-order valence-electron chi connectivity index (χ0n) is 14.7. The molecule has 26 heavy (non-hydrogen) atoms. The number of hydrogen-bond donors (Lipinski definition) is 0. The van der Waals surface area contributed by atoms with Crippen molar-refractivity contribution in [2.24, 2.45) is 0 Å². The fourth-order valence-corrected chi connectivity index (χ4v) is 4.61. The highest BCUT2D eigenvalue weighted by molar-refractivity contribution is 7.13. The van der Waals surface area contributed by atoms with Crippen molar-refractivity contribution in [1.82, 2.24) is 5.16 Å². The summed E-state index contributed by atoms with van der Waals surface area (Å²) in [5, 5.41) is 6.29. The lowest BCUT2D eigenvalue weighted by Crippen LogP contribution is -2.42. The largest absolute Gasteiger partial charge is 0.355 e. The van der Waals surface area contributed by atoms with Crippen molar-refractivity contribution in [2.75, 3.05) is 11.4 Å². The van der Waals surface area contributed by atoms with Crippen LogP contribution in [0, 0.1) is 6.92 Å². The van der Waals surface area contributed by atoms with Crippen LogP contribution >= 0.6 is 11.3 Å². The molecule has 132 valence electrons. The van der Waals surface area contributed by atoms with Crippen LogP contribution < -0.4 is 4.90 Å². The normalized spacial score (nSPS) is 17.8. The molecule has 0 saturated heterocycles. The number of rotatable bonds is 3. The maximum Gasteiger partial charge on any atom is 0.239 e. The number of hydrogen-bond acceptors (Lipinski definition) is 4. The lowest BCUT2D eigenvalue weighted by molar-refractivity contribution is -0.121. The number of aromatic nitrogens is 1. The van der Waals surface area contributed by atoms with Gasteiger partial charge in [0.2, 0.25) is 5.91 Å². The van der Waals surface area contributed by atoms with Gasteiger partial charge in [-0.3, -0.25) is 4.79 Å². The monoisotopic (exact) mass is 364 g/mol. The predicted molar refractivity (Wildman–Crippen MR) is 103 cm³/mol. The van der Waals surface area contributed by atoms with Gasteiger partial charge in [0.1, 0.15) is 0 Å². The number of carbonyl (C=O) groups excluding carboxylic acids is 1. The molecule has 0 atom stereocenters. The summed E-state index contributed by atoms with van der Waals surface area (Å²) in [6.45, 7) is 2.89. The summed E-state index contributed by atoms with van der Waals surface area (Å²) >= 11 is 1.62. The summed E-state index contributed by atoms with van der Waals surface area (Å²) in [6, 6.07) is 12.4. The molecule has 2 aromatic heterocycles. The van der Waals surface area contributed by atoms with Crippen molar-refractivity contribution >= 4 is 22.9 Å². The summed E-state index contributed by atoms with van der Waals surface area (Å²) in [7, 11) is 0. The summed E-state index contributed by atoms with van der Waals surface area (Å²) in [4.78, 5) is 16.5. The standard InChI is InChI=1S/C21H20N2O2S/c1-14-6-7-16-15(12-14)4-2-10-23(16)20(24)21(8-9-21)19-13-17(25-22-19)18-5-3-11-26-18/h3,5-7,11-13H,2,4,8-10H2,1H3. The molecule has 5 heteroatoms. The average molecular weight is 364 g/mol. The zero-order valence-corrected chi connectivity index (χ0v) is 15.5. The molecular formula is C21H20N2O2S. The molecule has 2 aliphatic rings. The van der Waals surface area contributed by atoms with E-state index in [1.807, 2.05) is 28.5 Å². The van der Waals surface area contributed by atoms with Crippen molar-refractivity contribution in [2.45, 2.75) is 38.0 Å². The Morgan fingerprint density at radius 2 is 2.15 bits per heavy atom. The van der Waals surface area contributed by atoms with E-state index in [0.29, 0.717) is 0 Å². The molecule has 1 aliphatic heterocycles. The number of thiophene rings is 1. The lowest BCUT2D eigenvalue weighted by Gasteiger charge is -2.32. The Morgan fingerprint density at radius 1 is 1.27 bits per heavy atom. The Kier molecular flexibility index (Phi) is 3.54. The van der Waals surface area contributed by atoms with Crippen LogP contribution in [0.2, 0.25) is 0 Å². The molecule has 1 aromatic carbocycles. The fraction of sp³-hybridized carbons (Fsp3) is 0.333. The molecule has 0 radical (unpaired) electrons. The SMILES string of the molecule is Cc1ccc2c(c1)CCCN2C(=O)C1(c2cc(-c3cccs3)on2)CC1. The fourth-order valence-electron chi connectivity index (χ4n) is 3.94. The summed E-state index contributed by atoms with van der Waals surface area (Å²) in [6.07, 6.45) is 3.75. The number of nitrogens with zero attached hydrogens (tertiary/aromatic N) is 2. The summed E-state index contributed by atoms with van der Waals surface area (Å²) in [5.41, 5.74) is 3.87. The van der Waals surface area contributed by atoms with Gasteiger partial charge in [0.05, 0.1) is 16.0 Å². The minimum atomic E-state index is -0.501. The molecule has 3 aromatic rings. The van der Waals surface area contributed by atoms with Gasteiger partial charge in [-0.25, -0.2) is 0 Å². The Balaban J connectivity index is 1.48. The van der Waals surface area contributed by atoms with Crippen LogP contribution in [0.4, 0.5) is 5.69 Å². The molecular weight excluding hydrogens is 344 g/mol. The third kappa shape index (κ3) is 2.42. The first-order chi connectivity index (χ1) is 12.7. The number of benzene rings is 1. The van der Waals surface area contributed by atoms with E-state index in [4.69, 9.17) is 4.52 Å². The van der Waals surface area contributed by atoms with E-state index >= 15 is 0 Å². The van der Waals surface area contributed by atoms with Crippen molar-refractivity contribution < 1.29 is 9.32 Å². The molecule has 3 heterocycles. The lowest BCUT2D eigenvalue weighted by atomic mass is 9.95. The highest BCUT2D eigenvalue weighted by atomic mass is 32.1. The molecule has 0 N–H and O–H groups in total. The number of aryl methyl sites for hydroxylation is 2. The summed E-state index contributed by atoms with van der Waals surface area (Å²) in [5.74, 6) is 0.928. The van der Waals surface area contributed by atoms with Crippen molar-refractivity contribution in [3.8, 4) is 10.6 Å². The van der Waals surface area contributed by atoms with E-state index in [0.717, 1.165) is 54.2 Å². The molecule has 1 amide bonds. The van der Waals surface area contributed by atoms with Crippen LogP contribution in [-0.2, 0) is 16.6 Å². The Hall–Kier alpha value is -2.40. The number of anilines is 1. The van der Waals surface area contributed by atoms with E-state index < -0.39 is 5.41 Å². The van der Waals surface area contributed by atoms with E-state index in [9.17, 15) is 4.79 Å². The third-order valence-electron chi connectivity index (χ3n) is 5.52. The first-order valence-electron chi connectivity index (χ1n) is 9.10. The van der Waals surface area contributed by atoms with Gasteiger partial charge in [-0.2, -0.15) is 0 Å². The van der Waals surface area contributed by atoms with E-state index in [1.165, 1.54) is 11.1 Å². The zero-order chi connectivity index (χ0) is 17.7. The van der Waals surface area contributed by atoms with Crippen LogP contribution in [-0.4, -0.2) is 17.6 Å². The highest BCUT2D eigenvalue weighted by Gasteiger charge is 2.56.